The topological polar surface area (TPSA) is 46.7 Å². The average Bonchev–Trinajstić information content (AvgIpc) is 3.40. The molecule has 4 aromatic rings. The number of aromatic nitrogens is 2. The lowest BCUT2D eigenvalue weighted by Gasteiger charge is -2.18. The molecule has 8 heteroatoms. The first kappa shape index (κ1) is 19.5. The van der Waals surface area contributed by atoms with Gasteiger partial charge in [0.1, 0.15) is 12.2 Å². The zero-order valence-corrected chi connectivity index (χ0v) is 18.4. The van der Waals surface area contributed by atoms with Gasteiger partial charge < -0.3 is 4.90 Å². The van der Waals surface area contributed by atoms with E-state index in [1.54, 1.807) is 10.6 Å². The second-order valence-corrected chi connectivity index (χ2v) is 9.44. The Morgan fingerprint density at radius 3 is 2.50 bits per heavy atom. The number of thiazole rings is 1. The van der Waals surface area contributed by atoms with Crippen molar-refractivity contribution in [2.24, 2.45) is 0 Å². The number of nitrogens with zero attached hydrogens (tertiary/aromatic N) is 3. The quantitative estimate of drug-likeness (QED) is 0.409. The predicted octanol–water partition coefficient (Wildman–Crippen LogP) is 4.99. The van der Waals surface area contributed by atoms with Crippen molar-refractivity contribution in [3.05, 3.63) is 67.9 Å². The molecular formula is C22H18ClN3O2S2. The van der Waals surface area contributed by atoms with Crippen LogP contribution in [-0.4, -0.2) is 32.9 Å². The van der Waals surface area contributed by atoms with E-state index in [1.165, 1.54) is 11.3 Å². The van der Waals surface area contributed by atoms with Crippen LogP contribution in [0.2, 0.25) is 5.02 Å². The lowest BCUT2D eigenvalue weighted by atomic mass is 10.2. The van der Waals surface area contributed by atoms with Gasteiger partial charge in [0.2, 0.25) is 5.91 Å². The highest BCUT2D eigenvalue weighted by Crippen LogP contribution is 2.33. The number of rotatable bonds is 3. The van der Waals surface area contributed by atoms with Gasteiger partial charge in [-0.15, -0.1) is 11.3 Å². The van der Waals surface area contributed by atoms with E-state index in [4.69, 9.17) is 23.8 Å². The van der Waals surface area contributed by atoms with E-state index in [2.05, 4.69) is 0 Å². The van der Waals surface area contributed by atoms with Crippen LogP contribution in [0.4, 0.5) is 0 Å². The number of para-hydroxylation sites is 1. The van der Waals surface area contributed by atoms with Crippen LogP contribution in [0.25, 0.3) is 27.0 Å². The van der Waals surface area contributed by atoms with Gasteiger partial charge in [-0.3, -0.25) is 18.6 Å². The molecule has 0 radical (unpaired) electrons. The maximum atomic E-state index is 13.5. The number of likely N-dealkylation sites (tertiary alicyclic amines) is 1. The molecule has 5 rings (SSSR count). The second kappa shape index (κ2) is 7.65. The maximum absolute atomic E-state index is 13.5. The third-order valence-corrected chi connectivity index (χ3v) is 7.19. The summed E-state index contributed by atoms with van der Waals surface area (Å²) in [5.74, 6) is -0.0362. The third-order valence-electron chi connectivity index (χ3n) is 5.52. The van der Waals surface area contributed by atoms with Crippen LogP contribution < -0.4 is 5.56 Å². The third kappa shape index (κ3) is 3.17. The molecule has 0 saturated carbocycles. The van der Waals surface area contributed by atoms with Gasteiger partial charge in [-0.1, -0.05) is 35.9 Å². The smallest absolute Gasteiger partial charge is 0.262 e. The fourth-order valence-electron chi connectivity index (χ4n) is 4.05. The highest BCUT2D eigenvalue weighted by Gasteiger charge is 2.23. The number of amides is 1. The second-order valence-electron chi connectivity index (χ2n) is 7.36. The molecule has 152 valence electrons. The fraction of sp³-hybridized carbons (Fsp3) is 0.227. The molecule has 30 heavy (non-hydrogen) atoms. The summed E-state index contributed by atoms with van der Waals surface area (Å²) < 4.78 is 4.13. The van der Waals surface area contributed by atoms with E-state index in [1.807, 2.05) is 51.8 Å². The van der Waals surface area contributed by atoms with Crippen LogP contribution in [0, 0.1) is 3.95 Å². The van der Waals surface area contributed by atoms with Crippen LogP contribution in [-0.2, 0) is 11.3 Å². The Labute approximate surface area is 186 Å². The molecule has 1 saturated heterocycles. The van der Waals surface area contributed by atoms with Gasteiger partial charge in [0.15, 0.2) is 3.95 Å². The summed E-state index contributed by atoms with van der Waals surface area (Å²) in [6.45, 7) is 1.49. The van der Waals surface area contributed by atoms with E-state index in [0.29, 0.717) is 20.0 Å². The SMILES string of the molecule is O=C(Cn1c(=O)c2ccccc2n2c(=S)sc(-c3ccc(Cl)cc3)c12)N1CCCC1. The molecule has 0 aliphatic carbocycles. The standard InChI is InChI=1S/C22H18ClN3O2S2/c23-15-9-7-14(8-10-15)19-20-25(13-18(27)24-11-3-4-12-24)21(28)16-5-1-2-6-17(16)26(20)22(29)30-19/h1-2,5-10H,3-4,11-13H2. The molecule has 0 spiro atoms. The predicted molar refractivity (Wildman–Crippen MR) is 124 cm³/mol. The van der Waals surface area contributed by atoms with Gasteiger partial charge in [0.25, 0.3) is 5.56 Å². The lowest BCUT2D eigenvalue weighted by Crippen LogP contribution is -2.35. The number of carbonyl (C=O) groups is 1. The number of halogens is 1. The highest BCUT2D eigenvalue weighted by atomic mass is 35.5. The number of hydrogen-bond donors (Lipinski definition) is 0. The van der Waals surface area contributed by atoms with E-state index in [0.717, 1.165) is 41.9 Å². The maximum Gasteiger partial charge on any atom is 0.262 e. The van der Waals surface area contributed by atoms with Crippen LogP contribution in [0.5, 0.6) is 0 Å². The molecule has 2 aromatic carbocycles. The van der Waals surface area contributed by atoms with Gasteiger partial charge in [-0.05, 0) is 54.9 Å². The summed E-state index contributed by atoms with van der Waals surface area (Å²) in [5.41, 5.74) is 2.14. The minimum Gasteiger partial charge on any atom is -0.341 e. The molecule has 0 unspecified atom stereocenters. The summed E-state index contributed by atoms with van der Waals surface area (Å²) in [7, 11) is 0. The molecule has 1 aliphatic rings. The molecule has 2 aromatic heterocycles. The molecule has 5 nitrogen and oxygen atoms in total. The minimum atomic E-state index is -0.179. The Morgan fingerprint density at radius 2 is 1.77 bits per heavy atom. The van der Waals surface area contributed by atoms with Crippen molar-refractivity contribution < 1.29 is 4.79 Å². The van der Waals surface area contributed by atoms with Crippen LogP contribution in [0.3, 0.4) is 0 Å². The van der Waals surface area contributed by atoms with Gasteiger partial charge in [0.05, 0.1) is 15.8 Å². The Hall–Kier alpha value is -2.48. The van der Waals surface area contributed by atoms with Gasteiger partial charge in [0, 0.05) is 18.1 Å². The molecule has 0 atom stereocenters. The normalized spacial score (nSPS) is 14.1. The van der Waals surface area contributed by atoms with Gasteiger partial charge in [-0.25, -0.2) is 0 Å². The molecule has 3 heterocycles. The number of fused-ring (bicyclic) bond motifs is 3. The van der Waals surface area contributed by atoms with Crippen molar-refractivity contribution in [2.45, 2.75) is 19.4 Å². The van der Waals surface area contributed by atoms with Crippen molar-refractivity contribution in [1.29, 1.82) is 0 Å². The summed E-state index contributed by atoms with van der Waals surface area (Å²) in [6.07, 6.45) is 2.01. The molecule has 1 fully saturated rings. The lowest BCUT2D eigenvalue weighted by molar-refractivity contribution is -0.130. The first-order valence-corrected chi connectivity index (χ1v) is 11.4. The zero-order valence-electron chi connectivity index (χ0n) is 16.0. The summed E-state index contributed by atoms with van der Waals surface area (Å²) in [4.78, 5) is 29.1. The van der Waals surface area contributed by atoms with Gasteiger partial charge in [-0.2, -0.15) is 0 Å². The molecule has 1 aliphatic heterocycles. The van der Waals surface area contributed by atoms with Crippen molar-refractivity contribution in [3.8, 4) is 10.4 Å². The van der Waals surface area contributed by atoms with E-state index in [-0.39, 0.29) is 18.0 Å². The molecule has 0 bridgehead atoms. The van der Waals surface area contributed by atoms with E-state index in [9.17, 15) is 9.59 Å². The van der Waals surface area contributed by atoms with Gasteiger partial charge >= 0.3 is 0 Å². The molecule has 1 amide bonds. The van der Waals surface area contributed by atoms with Crippen molar-refractivity contribution >= 4 is 57.6 Å². The number of hydrogen-bond acceptors (Lipinski definition) is 4. The fourth-order valence-corrected chi connectivity index (χ4v) is 5.61. The zero-order chi connectivity index (χ0) is 20.8. The summed E-state index contributed by atoms with van der Waals surface area (Å²) >= 11 is 13.2. The largest absolute Gasteiger partial charge is 0.341 e. The van der Waals surface area contributed by atoms with Crippen LogP contribution in [0.15, 0.2) is 53.3 Å². The van der Waals surface area contributed by atoms with Crippen molar-refractivity contribution in [2.75, 3.05) is 13.1 Å². The van der Waals surface area contributed by atoms with E-state index < -0.39 is 0 Å². The van der Waals surface area contributed by atoms with Crippen molar-refractivity contribution in [1.82, 2.24) is 13.9 Å². The van der Waals surface area contributed by atoms with Crippen LogP contribution in [0.1, 0.15) is 12.8 Å². The first-order valence-electron chi connectivity index (χ1n) is 9.75. The number of benzene rings is 2. The first-order chi connectivity index (χ1) is 14.5. The van der Waals surface area contributed by atoms with Crippen molar-refractivity contribution in [3.63, 3.8) is 0 Å². The number of carbonyl (C=O) groups excluding carboxylic acids is 1. The monoisotopic (exact) mass is 455 g/mol. The summed E-state index contributed by atoms with van der Waals surface area (Å²) in [5, 5.41) is 1.19. The minimum absolute atomic E-state index is 0.000730. The highest BCUT2D eigenvalue weighted by molar-refractivity contribution is 7.73. The van der Waals surface area contributed by atoms with E-state index >= 15 is 0 Å². The van der Waals surface area contributed by atoms with Crippen LogP contribution >= 0.6 is 35.2 Å². The molecule has 0 N–H and O–H groups in total. The summed E-state index contributed by atoms with van der Waals surface area (Å²) in [6, 6.07) is 14.9. The Morgan fingerprint density at radius 1 is 1.07 bits per heavy atom. The Bertz CT molecular complexity index is 1400. The Kier molecular flexibility index (Phi) is 4.97. The Balaban J connectivity index is 1.82. The molecular weight excluding hydrogens is 438 g/mol. The average molecular weight is 456 g/mol.